The van der Waals surface area contributed by atoms with E-state index in [1.807, 2.05) is 0 Å². The van der Waals surface area contributed by atoms with Gasteiger partial charge in [-0.3, -0.25) is 53.0 Å². The zero-order chi connectivity index (χ0) is 48.6. The number of terminal acetylenes is 2. The highest BCUT2D eigenvalue weighted by Gasteiger charge is 2.60. The first kappa shape index (κ1) is 50.3. The van der Waals surface area contributed by atoms with Crippen LogP contribution in [-0.4, -0.2) is 129 Å². The third-order valence-electron chi connectivity index (χ3n) is 13.7. The largest absolute Gasteiger partial charge is 0.460 e. The van der Waals surface area contributed by atoms with Crippen LogP contribution in [0.2, 0.25) is 0 Å². The van der Waals surface area contributed by atoms with Crippen LogP contribution in [0.3, 0.4) is 0 Å². The molecule has 17 nitrogen and oxygen atoms in total. The van der Waals surface area contributed by atoms with Crippen LogP contribution in [0.15, 0.2) is 24.3 Å². The van der Waals surface area contributed by atoms with Gasteiger partial charge in [0, 0.05) is 51.9 Å². The molecule has 4 bridgehead atoms. The van der Waals surface area contributed by atoms with Gasteiger partial charge in [0.05, 0.1) is 49.6 Å². The number of esters is 1. The summed E-state index contributed by atoms with van der Waals surface area (Å²) in [5, 5.41) is 0.472. The lowest BCUT2D eigenvalue weighted by Gasteiger charge is -2.23. The molecule has 0 N–H and O–H groups in total. The highest BCUT2D eigenvalue weighted by Crippen LogP contribution is 2.53. The van der Waals surface area contributed by atoms with Crippen molar-refractivity contribution in [3.63, 3.8) is 0 Å². The fraction of sp³-hybridized carbons (Fsp3) is 0.640. The minimum Gasteiger partial charge on any atom is -0.460 e. The summed E-state index contributed by atoms with van der Waals surface area (Å²) in [6.45, 7) is 6.59. The molecule has 0 aromatic heterocycles. The molecular weight excluding hydrogens is 863 g/mol. The average Bonchev–Trinajstić information content (AvgIpc) is 4.17. The number of allylic oxidation sites excluding steroid dienone is 4. The van der Waals surface area contributed by atoms with E-state index in [2.05, 4.69) is 36.1 Å². The van der Waals surface area contributed by atoms with Crippen molar-refractivity contribution in [3.05, 3.63) is 24.3 Å². The van der Waals surface area contributed by atoms with Gasteiger partial charge < -0.3 is 19.4 Å². The van der Waals surface area contributed by atoms with Gasteiger partial charge in [0.2, 0.25) is 35.4 Å². The maximum Gasteiger partial charge on any atom is 0.334 e. The van der Waals surface area contributed by atoms with Crippen LogP contribution in [0.1, 0.15) is 111 Å². The van der Waals surface area contributed by atoms with Crippen molar-refractivity contribution in [2.45, 2.75) is 116 Å². The summed E-state index contributed by atoms with van der Waals surface area (Å²) in [4.78, 5) is 133. The topological polar surface area (TPSA) is 205 Å². The molecule has 8 atom stereocenters. The van der Waals surface area contributed by atoms with Crippen LogP contribution in [0.4, 0.5) is 0 Å². The zero-order valence-corrected chi connectivity index (χ0v) is 38.9. The molecule has 4 aliphatic carbocycles. The Balaban J connectivity index is 0.000000222. The van der Waals surface area contributed by atoms with E-state index in [0.717, 1.165) is 19.3 Å². The number of amides is 8. The second-order valence-electron chi connectivity index (χ2n) is 19.4. The molecule has 8 amide bonds. The molecular formula is C50H63N5O12. The Kier molecular flexibility index (Phi) is 16.6. The highest BCUT2D eigenvalue weighted by molar-refractivity contribution is 6.07. The number of carbonyl (C=O) groups excluding carboxylic acids is 10. The molecule has 2 saturated carbocycles. The van der Waals surface area contributed by atoms with Crippen LogP contribution in [0, 0.1) is 72.0 Å². The summed E-state index contributed by atoms with van der Waals surface area (Å²) >= 11 is 0. The number of hydrogen-bond donors (Lipinski definition) is 0. The van der Waals surface area contributed by atoms with Gasteiger partial charge >= 0.3 is 11.9 Å². The van der Waals surface area contributed by atoms with Gasteiger partial charge in [-0.1, -0.05) is 49.0 Å². The lowest BCUT2D eigenvalue weighted by Crippen LogP contribution is -2.36. The summed E-state index contributed by atoms with van der Waals surface area (Å²) < 4.78 is 5.28. The van der Waals surface area contributed by atoms with E-state index < -0.39 is 23.4 Å². The normalized spacial score (nSPS) is 26.1. The molecule has 17 heteroatoms. The van der Waals surface area contributed by atoms with Gasteiger partial charge in [0.25, 0.3) is 11.8 Å². The van der Waals surface area contributed by atoms with E-state index in [0.29, 0.717) is 56.7 Å². The van der Waals surface area contributed by atoms with Crippen LogP contribution < -0.4 is 0 Å². The number of carbonyl (C=O) groups is 10. The van der Waals surface area contributed by atoms with E-state index in [1.165, 1.54) is 19.6 Å². The molecule has 3 saturated heterocycles. The zero-order valence-electron chi connectivity index (χ0n) is 38.9. The van der Waals surface area contributed by atoms with Crippen molar-refractivity contribution in [1.29, 1.82) is 0 Å². The van der Waals surface area contributed by atoms with E-state index in [4.69, 9.17) is 22.4 Å². The minimum absolute atomic E-state index is 0.00725. The molecule has 5 fully saturated rings. The van der Waals surface area contributed by atoms with Crippen LogP contribution in [0.25, 0.3) is 0 Å². The first-order valence-corrected chi connectivity index (χ1v) is 23.7. The van der Waals surface area contributed by atoms with Gasteiger partial charge in [-0.2, -0.15) is 0 Å². The third-order valence-corrected chi connectivity index (χ3v) is 13.7. The molecule has 7 rings (SSSR count). The number of likely N-dealkylation sites (tertiary alicyclic amines) is 2. The minimum atomic E-state index is -0.795. The van der Waals surface area contributed by atoms with E-state index in [1.54, 1.807) is 20.8 Å². The van der Waals surface area contributed by atoms with Crippen molar-refractivity contribution in [1.82, 2.24) is 24.7 Å². The van der Waals surface area contributed by atoms with Crippen molar-refractivity contribution in [2.75, 3.05) is 39.3 Å². The molecule has 0 aromatic rings. The Morgan fingerprint density at radius 2 is 0.955 bits per heavy atom. The SMILES string of the molecule is C#CCN(CCC(=O)OC(C)(C)C)C(=O)CCCCCN1C(=O)[C@@H]2[C@H](C1=O)[C@H]1C=C[C@@H]2C1.C#CCN(CCC(=O)ON1C(=O)CCC1=O)C(=O)CCCCCN1C(=O)[C@@H]2[C@H](C1=O)[C@H]1C=C[C@@H]2C1. The Morgan fingerprint density at radius 3 is 1.31 bits per heavy atom. The Morgan fingerprint density at radius 1 is 0.582 bits per heavy atom. The predicted octanol–water partition coefficient (Wildman–Crippen LogP) is 3.36. The number of nitrogens with zero attached hydrogens (tertiary/aromatic N) is 5. The van der Waals surface area contributed by atoms with Gasteiger partial charge in [0.15, 0.2) is 0 Å². The molecule has 360 valence electrons. The molecule has 67 heavy (non-hydrogen) atoms. The summed E-state index contributed by atoms with van der Waals surface area (Å²) in [5.74, 6) is 2.25. The molecule has 7 aliphatic rings. The number of hydroxylamine groups is 2. The predicted molar refractivity (Wildman–Crippen MR) is 239 cm³/mol. The monoisotopic (exact) mass is 925 g/mol. The highest BCUT2D eigenvalue weighted by atomic mass is 16.7. The Labute approximate surface area is 392 Å². The van der Waals surface area contributed by atoms with Gasteiger partial charge in [-0.15, -0.1) is 17.9 Å². The molecule has 3 heterocycles. The summed E-state index contributed by atoms with van der Waals surface area (Å²) in [7, 11) is 0. The third kappa shape index (κ3) is 11.9. The number of unbranched alkanes of at least 4 members (excludes halogenated alkanes) is 4. The molecule has 3 aliphatic heterocycles. The Bertz CT molecular complexity index is 2070. The van der Waals surface area contributed by atoms with E-state index >= 15 is 0 Å². The van der Waals surface area contributed by atoms with E-state index in [-0.39, 0.29) is 147 Å². The smallest absolute Gasteiger partial charge is 0.334 e. The van der Waals surface area contributed by atoms with Crippen molar-refractivity contribution >= 4 is 59.2 Å². The maximum absolute atomic E-state index is 12.7. The molecule has 0 spiro atoms. The van der Waals surface area contributed by atoms with Crippen molar-refractivity contribution in [3.8, 4) is 24.7 Å². The van der Waals surface area contributed by atoms with Gasteiger partial charge in [-0.25, -0.2) is 4.79 Å². The van der Waals surface area contributed by atoms with Crippen molar-refractivity contribution < 1.29 is 57.5 Å². The number of hydrogen-bond acceptors (Lipinski definition) is 12. The van der Waals surface area contributed by atoms with Crippen molar-refractivity contribution in [2.24, 2.45) is 47.3 Å². The lowest BCUT2D eigenvalue weighted by atomic mass is 9.85. The first-order valence-electron chi connectivity index (χ1n) is 23.7. The van der Waals surface area contributed by atoms with Crippen LogP contribution in [0.5, 0.6) is 0 Å². The first-order chi connectivity index (χ1) is 31.9. The second-order valence-corrected chi connectivity index (χ2v) is 19.4. The van der Waals surface area contributed by atoms with Gasteiger partial charge in [-0.05, 0) is 83.0 Å². The van der Waals surface area contributed by atoms with Crippen LogP contribution >= 0.6 is 0 Å². The Hall–Kier alpha value is -6.10. The van der Waals surface area contributed by atoms with E-state index in [9.17, 15) is 47.9 Å². The fourth-order valence-electron chi connectivity index (χ4n) is 10.6. The standard InChI is InChI=1S/C25H29N3O7.C25H34N2O5/c1-2-12-26(14-11-21(32)35-28-19(30)9-10-20(28)31)18(29)6-4-3-5-13-27-24(33)22-16-7-8-17(15-16)23(22)25(27)34;1-5-13-26(15-12-20(29)32-25(2,3)4)19(28)9-7-6-8-14-27-23(30)21-17-10-11-18(16-17)22(21)24(27)31/h1,7-8,16-17,22-23H,3-6,9-15H2;1,10-11,17-18,21-22H,6-9,12-16H2,2-4H3/t16-,17+,22+,23-;17-,18+,21+,22-. The lowest BCUT2D eigenvalue weighted by molar-refractivity contribution is -0.197. The average molecular weight is 926 g/mol. The fourth-order valence-corrected chi connectivity index (χ4v) is 10.6. The maximum atomic E-state index is 12.7. The summed E-state index contributed by atoms with van der Waals surface area (Å²) in [6.07, 6.45) is 25.2. The number of rotatable bonds is 21. The molecule has 0 radical (unpaired) electrons. The summed E-state index contributed by atoms with van der Waals surface area (Å²) in [6, 6.07) is 0. The quantitative estimate of drug-likeness (QED) is 0.0535. The number of fused-ring (bicyclic) bond motifs is 10. The van der Waals surface area contributed by atoms with Crippen LogP contribution in [-0.2, 0) is 57.5 Å². The van der Waals surface area contributed by atoms with Gasteiger partial charge in [0.1, 0.15) is 5.60 Å². The second kappa shape index (κ2) is 22.1. The summed E-state index contributed by atoms with van der Waals surface area (Å²) in [5.41, 5.74) is -0.565. The molecule has 0 unspecified atom stereocenters. The molecule has 0 aromatic carbocycles. The number of ether oxygens (including phenoxy) is 1. The number of imide groups is 3.